The van der Waals surface area contributed by atoms with Crippen LogP contribution in [-0.4, -0.2) is 45.7 Å². The Labute approximate surface area is 133 Å². The van der Waals surface area contributed by atoms with Crippen molar-refractivity contribution in [2.24, 2.45) is 5.92 Å². The molecule has 0 saturated carbocycles. The van der Waals surface area contributed by atoms with Crippen molar-refractivity contribution in [1.82, 2.24) is 30.8 Å². The molecule has 8 heteroatoms. The second-order valence-corrected chi connectivity index (χ2v) is 5.76. The number of carbonyl (C=O) groups is 1. The van der Waals surface area contributed by atoms with Crippen LogP contribution in [0.1, 0.15) is 23.2 Å². The van der Waals surface area contributed by atoms with Gasteiger partial charge in [-0.05, 0) is 60.5 Å². The maximum absolute atomic E-state index is 12.4. The number of amides is 1. The summed E-state index contributed by atoms with van der Waals surface area (Å²) in [5, 5.41) is 17.8. The van der Waals surface area contributed by atoms with Crippen molar-refractivity contribution in [3.8, 4) is 5.69 Å². The lowest BCUT2D eigenvalue weighted by Gasteiger charge is -2.12. The summed E-state index contributed by atoms with van der Waals surface area (Å²) in [7, 11) is 0. The van der Waals surface area contributed by atoms with E-state index >= 15 is 0 Å². The highest BCUT2D eigenvalue weighted by molar-refractivity contribution is 6.31. The van der Waals surface area contributed by atoms with Crippen molar-refractivity contribution in [2.45, 2.75) is 12.8 Å². The second-order valence-electron chi connectivity index (χ2n) is 5.32. The van der Waals surface area contributed by atoms with E-state index in [2.05, 4.69) is 26.2 Å². The van der Waals surface area contributed by atoms with Crippen LogP contribution >= 0.6 is 11.6 Å². The first-order chi connectivity index (χ1) is 10.7. The zero-order valence-electron chi connectivity index (χ0n) is 12.0. The maximum atomic E-state index is 12.4. The van der Waals surface area contributed by atoms with Crippen LogP contribution in [0.4, 0.5) is 0 Å². The molecule has 3 rings (SSSR count). The Morgan fingerprint density at radius 2 is 2.41 bits per heavy atom. The van der Waals surface area contributed by atoms with E-state index < -0.39 is 0 Å². The molecule has 1 atom stereocenters. The molecular formula is C14H17ClN6O. The number of hydrogen-bond acceptors (Lipinski definition) is 5. The fraction of sp³-hybridized carbons (Fsp3) is 0.429. The van der Waals surface area contributed by atoms with E-state index in [1.54, 1.807) is 18.2 Å². The SMILES string of the molecule is O=C(NCCC1CCNC1)c1cc(Cl)ccc1-n1cnnn1. The standard InChI is InChI=1S/C14H17ClN6O/c15-11-1-2-13(21-9-18-19-20-21)12(7-11)14(22)17-6-4-10-3-5-16-8-10/h1-2,7,9-10,16H,3-6,8H2,(H,17,22). The normalized spacial score (nSPS) is 17.6. The third kappa shape index (κ3) is 3.42. The number of hydrogen-bond donors (Lipinski definition) is 2. The lowest BCUT2D eigenvalue weighted by atomic mass is 10.1. The van der Waals surface area contributed by atoms with Gasteiger partial charge < -0.3 is 10.6 Å². The van der Waals surface area contributed by atoms with Crippen molar-refractivity contribution in [3.05, 3.63) is 35.1 Å². The van der Waals surface area contributed by atoms with E-state index in [1.807, 2.05) is 0 Å². The highest BCUT2D eigenvalue weighted by Gasteiger charge is 2.17. The summed E-state index contributed by atoms with van der Waals surface area (Å²) < 4.78 is 1.45. The monoisotopic (exact) mass is 320 g/mol. The fourth-order valence-electron chi connectivity index (χ4n) is 2.61. The summed E-state index contributed by atoms with van der Waals surface area (Å²) in [5.74, 6) is 0.470. The van der Waals surface area contributed by atoms with Gasteiger partial charge in [0.15, 0.2) is 0 Å². The zero-order chi connectivity index (χ0) is 15.4. The molecule has 1 aromatic heterocycles. The largest absolute Gasteiger partial charge is 0.352 e. The van der Waals surface area contributed by atoms with Crippen molar-refractivity contribution in [1.29, 1.82) is 0 Å². The second kappa shape index (κ2) is 6.85. The number of rotatable bonds is 5. The van der Waals surface area contributed by atoms with Crippen LogP contribution in [-0.2, 0) is 0 Å². The van der Waals surface area contributed by atoms with Crippen LogP contribution in [0.5, 0.6) is 0 Å². The quantitative estimate of drug-likeness (QED) is 0.860. The first-order valence-electron chi connectivity index (χ1n) is 7.26. The topological polar surface area (TPSA) is 84.7 Å². The Hall–Kier alpha value is -1.99. The molecule has 1 unspecified atom stereocenters. The highest BCUT2D eigenvalue weighted by atomic mass is 35.5. The Balaban J connectivity index is 1.69. The van der Waals surface area contributed by atoms with E-state index in [1.165, 1.54) is 17.4 Å². The Morgan fingerprint density at radius 1 is 1.50 bits per heavy atom. The summed E-state index contributed by atoms with van der Waals surface area (Å²) in [6, 6.07) is 5.07. The van der Waals surface area contributed by atoms with Gasteiger partial charge in [0, 0.05) is 11.6 Å². The van der Waals surface area contributed by atoms with Gasteiger partial charge in [-0.2, -0.15) is 4.68 Å². The van der Waals surface area contributed by atoms with Crippen LogP contribution in [0, 0.1) is 5.92 Å². The molecule has 2 heterocycles. The first-order valence-corrected chi connectivity index (χ1v) is 7.63. The van der Waals surface area contributed by atoms with E-state index in [0.29, 0.717) is 28.7 Å². The Morgan fingerprint density at radius 3 is 3.14 bits per heavy atom. The van der Waals surface area contributed by atoms with Crippen molar-refractivity contribution >= 4 is 17.5 Å². The predicted octanol–water partition coefficient (Wildman–Crippen LogP) is 1.05. The number of nitrogens with one attached hydrogen (secondary N) is 2. The predicted molar refractivity (Wildman–Crippen MR) is 82.1 cm³/mol. The van der Waals surface area contributed by atoms with Crippen LogP contribution in [0.25, 0.3) is 5.69 Å². The van der Waals surface area contributed by atoms with Gasteiger partial charge in [0.05, 0.1) is 11.3 Å². The molecule has 116 valence electrons. The van der Waals surface area contributed by atoms with Gasteiger partial charge in [-0.1, -0.05) is 11.6 Å². The lowest BCUT2D eigenvalue weighted by Crippen LogP contribution is -2.27. The molecule has 0 aliphatic carbocycles. The number of nitrogens with zero attached hydrogens (tertiary/aromatic N) is 4. The minimum atomic E-state index is -0.168. The summed E-state index contributed by atoms with van der Waals surface area (Å²) in [6.45, 7) is 2.74. The van der Waals surface area contributed by atoms with E-state index in [9.17, 15) is 4.79 Å². The van der Waals surface area contributed by atoms with Gasteiger partial charge in [0.2, 0.25) is 0 Å². The van der Waals surface area contributed by atoms with Crippen LogP contribution in [0.3, 0.4) is 0 Å². The first kappa shape index (κ1) is 14.9. The third-order valence-electron chi connectivity index (χ3n) is 3.80. The lowest BCUT2D eigenvalue weighted by molar-refractivity contribution is 0.0951. The average molecular weight is 321 g/mol. The van der Waals surface area contributed by atoms with E-state index in [-0.39, 0.29) is 5.91 Å². The van der Waals surface area contributed by atoms with Crippen molar-refractivity contribution < 1.29 is 4.79 Å². The minimum Gasteiger partial charge on any atom is -0.352 e. The average Bonchev–Trinajstić information content (AvgIpc) is 3.20. The van der Waals surface area contributed by atoms with Gasteiger partial charge >= 0.3 is 0 Å². The summed E-state index contributed by atoms with van der Waals surface area (Å²) in [5.41, 5.74) is 1.07. The summed E-state index contributed by atoms with van der Waals surface area (Å²) >= 11 is 6.01. The number of carbonyl (C=O) groups excluding carboxylic acids is 1. The molecule has 1 fully saturated rings. The smallest absolute Gasteiger partial charge is 0.253 e. The Bertz CT molecular complexity index is 639. The van der Waals surface area contributed by atoms with Gasteiger partial charge in [0.1, 0.15) is 6.33 Å². The van der Waals surface area contributed by atoms with Gasteiger partial charge in [-0.3, -0.25) is 4.79 Å². The molecule has 1 aliphatic heterocycles. The molecule has 2 N–H and O–H groups in total. The molecule has 1 saturated heterocycles. The number of halogens is 1. The molecule has 22 heavy (non-hydrogen) atoms. The molecule has 7 nitrogen and oxygen atoms in total. The Kier molecular flexibility index (Phi) is 4.65. The highest BCUT2D eigenvalue weighted by Crippen LogP contribution is 2.19. The molecule has 1 aromatic carbocycles. The molecule has 0 bridgehead atoms. The van der Waals surface area contributed by atoms with Crippen LogP contribution in [0.2, 0.25) is 5.02 Å². The van der Waals surface area contributed by atoms with E-state index in [0.717, 1.165) is 19.5 Å². The van der Waals surface area contributed by atoms with E-state index in [4.69, 9.17) is 11.6 Å². The van der Waals surface area contributed by atoms with Crippen molar-refractivity contribution in [3.63, 3.8) is 0 Å². The third-order valence-corrected chi connectivity index (χ3v) is 4.03. The number of tetrazole rings is 1. The van der Waals surface area contributed by atoms with Gasteiger partial charge in [0.25, 0.3) is 5.91 Å². The minimum absolute atomic E-state index is 0.168. The molecular weight excluding hydrogens is 304 g/mol. The molecule has 2 aromatic rings. The van der Waals surface area contributed by atoms with Crippen molar-refractivity contribution in [2.75, 3.05) is 19.6 Å². The van der Waals surface area contributed by atoms with Crippen LogP contribution in [0.15, 0.2) is 24.5 Å². The summed E-state index contributed by atoms with van der Waals surface area (Å²) in [4.78, 5) is 12.4. The molecule has 0 spiro atoms. The summed E-state index contributed by atoms with van der Waals surface area (Å²) in [6.07, 6.45) is 3.59. The van der Waals surface area contributed by atoms with Gasteiger partial charge in [-0.15, -0.1) is 5.10 Å². The molecule has 0 radical (unpaired) electrons. The number of aromatic nitrogens is 4. The molecule has 1 aliphatic rings. The zero-order valence-corrected chi connectivity index (χ0v) is 12.8. The van der Waals surface area contributed by atoms with Crippen LogP contribution < -0.4 is 10.6 Å². The van der Waals surface area contributed by atoms with Gasteiger partial charge in [-0.25, -0.2) is 0 Å². The number of benzene rings is 1. The maximum Gasteiger partial charge on any atom is 0.253 e. The fourth-order valence-corrected chi connectivity index (χ4v) is 2.78. The molecule has 1 amide bonds.